The molecule has 1 aromatic carbocycles. The molecular formula is C11H6BrF2NO2. The lowest BCUT2D eigenvalue weighted by Gasteiger charge is -2.07. The highest BCUT2D eigenvalue weighted by Crippen LogP contribution is 2.22. The van der Waals surface area contributed by atoms with E-state index < -0.39 is 17.6 Å². The Labute approximate surface area is 103 Å². The summed E-state index contributed by atoms with van der Waals surface area (Å²) in [5.74, 6) is -2.73. The van der Waals surface area contributed by atoms with Crippen molar-refractivity contribution in [2.75, 3.05) is 0 Å². The summed E-state index contributed by atoms with van der Waals surface area (Å²) in [6.07, 6.45) is 1.40. The van der Waals surface area contributed by atoms with Gasteiger partial charge in [0, 0.05) is 16.7 Å². The third kappa shape index (κ3) is 2.21. The normalized spacial score (nSPS) is 10.5. The molecule has 0 spiro atoms. The third-order valence-corrected chi connectivity index (χ3v) is 2.61. The third-order valence-electron chi connectivity index (χ3n) is 2.17. The largest absolute Gasteiger partial charge is 0.477 e. The van der Waals surface area contributed by atoms with Gasteiger partial charge in [-0.15, -0.1) is 0 Å². The van der Waals surface area contributed by atoms with Gasteiger partial charge < -0.3 is 9.67 Å². The summed E-state index contributed by atoms with van der Waals surface area (Å²) in [6.45, 7) is 0. The monoisotopic (exact) mass is 301 g/mol. The topological polar surface area (TPSA) is 42.2 Å². The van der Waals surface area contributed by atoms with Crippen molar-refractivity contribution < 1.29 is 18.7 Å². The van der Waals surface area contributed by atoms with Crippen LogP contribution in [0, 0.1) is 11.6 Å². The van der Waals surface area contributed by atoms with E-state index in [0.29, 0.717) is 10.5 Å². The van der Waals surface area contributed by atoms with Gasteiger partial charge in [-0.25, -0.2) is 13.6 Å². The van der Waals surface area contributed by atoms with Gasteiger partial charge >= 0.3 is 5.97 Å². The summed E-state index contributed by atoms with van der Waals surface area (Å²) in [7, 11) is 0. The van der Waals surface area contributed by atoms with Gasteiger partial charge in [-0.2, -0.15) is 0 Å². The van der Waals surface area contributed by atoms with E-state index in [4.69, 9.17) is 5.11 Å². The molecule has 0 aliphatic heterocycles. The maximum Gasteiger partial charge on any atom is 0.352 e. The number of carboxylic acid groups (broad SMARTS) is 1. The van der Waals surface area contributed by atoms with Crippen LogP contribution in [0.15, 0.2) is 34.9 Å². The minimum atomic E-state index is -1.19. The van der Waals surface area contributed by atoms with Gasteiger partial charge in [-0.3, -0.25) is 0 Å². The zero-order valence-electron chi connectivity index (χ0n) is 8.32. The lowest BCUT2D eigenvalue weighted by Crippen LogP contribution is -2.07. The van der Waals surface area contributed by atoms with Crippen LogP contribution in [0.3, 0.4) is 0 Å². The molecule has 0 atom stereocenters. The van der Waals surface area contributed by atoms with Crippen molar-refractivity contribution in [3.63, 3.8) is 0 Å². The van der Waals surface area contributed by atoms with Gasteiger partial charge in [0.05, 0.1) is 5.69 Å². The number of halogens is 3. The fraction of sp³-hybridized carbons (Fsp3) is 0. The van der Waals surface area contributed by atoms with Crippen molar-refractivity contribution in [1.29, 1.82) is 0 Å². The first kappa shape index (κ1) is 11.8. The summed E-state index contributed by atoms with van der Waals surface area (Å²) >= 11 is 3.11. The van der Waals surface area contributed by atoms with Crippen LogP contribution in [0.4, 0.5) is 8.78 Å². The number of nitrogens with zero attached hydrogens (tertiary/aromatic N) is 1. The Morgan fingerprint density at radius 1 is 1.29 bits per heavy atom. The SMILES string of the molecule is O=C(O)c1cc(Br)cn1-c1ccc(F)cc1F. The number of aromatic carboxylic acids is 1. The van der Waals surface area contributed by atoms with Crippen molar-refractivity contribution in [2.45, 2.75) is 0 Å². The van der Waals surface area contributed by atoms with Gasteiger partial charge in [-0.1, -0.05) is 0 Å². The quantitative estimate of drug-likeness (QED) is 0.925. The molecule has 17 heavy (non-hydrogen) atoms. The van der Waals surface area contributed by atoms with E-state index in [2.05, 4.69) is 15.9 Å². The second-order valence-corrected chi connectivity index (χ2v) is 4.23. The smallest absolute Gasteiger partial charge is 0.352 e. The second kappa shape index (κ2) is 4.29. The van der Waals surface area contributed by atoms with Gasteiger partial charge in [0.1, 0.15) is 17.3 Å². The van der Waals surface area contributed by atoms with Gasteiger partial charge in [-0.05, 0) is 34.1 Å². The maximum absolute atomic E-state index is 13.5. The summed E-state index contributed by atoms with van der Waals surface area (Å²) in [5, 5.41) is 8.95. The molecule has 0 bridgehead atoms. The second-order valence-electron chi connectivity index (χ2n) is 3.31. The Bertz CT molecular complexity index is 595. The van der Waals surface area contributed by atoms with Crippen molar-refractivity contribution in [3.8, 4) is 5.69 Å². The van der Waals surface area contributed by atoms with Crippen LogP contribution in [-0.2, 0) is 0 Å². The van der Waals surface area contributed by atoms with Gasteiger partial charge in [0.2, 0.25) is 0 Å². The maximum atomic E-state index is 13.5. The van der Waals surface area contributed by atoms with E-state index >= 15 is 0 Å². The van der Waals surface area contributed by atoms with Gasteiger partial charge in [0.15, 0.2) is 0 Å². The molecule has 0 saturated carbocycles. The van der Waals surface area contributed by atoms with Crippen LogP contribution in [0.1, 0.15) is 10.5 Å². The summed E-state index contributed by atoms with van der Waals surface area (Å²) in [4.78, 5) is 10.9. The molecule has 1 heterocycles. The number of hydrogen-bond donors (Lipinski definition) is 1. The minimum Gasteiger partial charge on any atom is -0.477 e. The number of carboxylic acids is 1. The van der Waals surface area contributed by atoms with Crippen LogP contribution >= 0.6 is 15.9 Å². The molecule has 1 N–H and O–H groups in total. The molecule has 88 valence electrons. The number of benzene rings is 1. The summed E-state index contributed by atoms with van der Waals surface area (Å²) in [5.41, 5.74) is -0.128. The van der Waals surface area contributed by atoms with Crippen LogP contribution in [0.2, 0.25) is 0 Å². The molecule has 0 saturated heterocycles. The Hall–Kier alpha value is -1.69. The number of carbonyl (C=O) groups is 1. The van der Waals surface area contributed by atoms with E-state index in [-0.39, 0.29) is 11.4 Å². The van der Waals surface area contributed by atoms with Crippen LogP contribution in [0.25, 0.3) is 5.69 Å². The van der Waals surface area contributed by atoms with E-state index in [0.717, 1.165) is 10.6 Å². The van der Waals surface area contributed by atoms with E-state index in [1.807, 2.05) is 0 Å². The Kier molecular flexibility index (Phi) is 2.97. The van der Waals surface area contributed by atoms with Crippen LogP contribution < -0.4 is 0 Å². The van der Waals surface area contributed by atoms with Crippen molar-refractivity contribution in [3.05, 3.63) is 52.3 Å². The van der Waals surface area contributed by atoms with Crippen molar-refractivity contribution >= 4 is 21.9 Å². The molecule has 2 rings (SSSR count). The Morgan fingerprint density at radius 2 is 2.00 bits per heavy atom. The van der Waals surface area contributed by atoms with Crippen molar-refractivity contribution in [1.82, 2.24) is 4.57 Å². The zero-order valence-corrected chi connectivity index (χ0v) is 9.91. The summed E-state index contributed by atoms with van der Waals surface area (Å²) in [6, 6.07) is 4.29. The first-order valence-electron chi connectivity index (χ1n) is 4.55. The average molecular weight is 302 g/mol. The molecule has 2 aromatic rings. The number of rotatable bonds is 2. The lowest BCUT2D eigenvalue weighted by molar-refractivity contribution is 0.0688. The first-order chi connectivity index (χ1) is 7.99. The molecule has 0 radical (unpaired) electrons. The molecule has 0 aliphatic rings. The molecule has 0 fully saturated rings. The Morgan fingerprint density at radius 3 is 2.59 bits per heavy atom. The number of aromatic nitrogens is 1. The van der Waals surface area contributed by atoms with E-state index in [1.54, 1.807) is 0 Å². The lowest BCUT2D eigenvalue weighted by atomic mass is 10.3. The standard InChI is InChI=1S/C11H6BrF2NO2/c12-6-3-10(11(16)17)15(5-6)9-2-1-7(13)4-8(9)14/h1-5H,(H,16,17). The highest BCUT2D eigenvalue weighted by molar-refractivity contribution is 9.10. The molecule has 0 amide bonds. The van der Waals surface area contributed by atoms with E-state index in [1.165, 1.54) is 18.3 Å². The van der Waals surface area contributed by atoms with Gasteiger partial charge in [0.25, 0.3) is 0 Å². The Balaban J connectivity index is 2.63. The molecule has 6 heteroatoms. The molecule has 1 aromatic heterocycles. The fourth-order valence-corrected chi connectivity index (χ4v) is 1.89. The first-order valence-corrected chi connectivity index (χ1v) is 5.35. The van der Waals surface area contributed by atoms with Crippen LogP contribution in [-0.4, -0.2) is 15.6 Å². The number of hydrogen-bond acceptors (Lipinski definition) is 1. The average Bonchev–Trinajstić information content (AvgIpc) is 2.60. The van der Waals surface area contributed by atoms with Crippen molar-refractivity contribution in [2.24, 2.45) is 0 Å². The summed E-state index contributed by atoms with van der Waals surface area (Å²) < 4.78 is 27.9. The van der Waals surface area contributed by atoms with Crippen LogP contribution in [0.5, 0.6) is 0 Å². The minimum absolute atomic E-state index is 0.0190. The van der Waals surface area contributed by atoms with E-state index in [9.17, 15) is 13.6 Å². The molecule has 0 unspecified atom stereocenters. The highest BCUT2D eigenvalue weighted by atomic mass is 79.9. The highest BCUT2D eigenvalue weighted by Gasteiger charge is 2.15. The molecular weight excluding hydrogens is 296 g/mol. The zero-order chi connectivity index (χ0) is 12.6. The predicted molar refractivity (Wildman–Crippen MR) is 60.3 cm³/mol. The fourth-order valence-electron chi connectivity index (χ4n) is 1.47. The molecule has 0 aliphatic carbocycles. The predicted octanol–water partition coefficient (Wildman–Crippen LogP) is 3.22. The molecule has 3 nitrogen and oxygen atoms in total.